The van der Waals surface area contributed by atoms with Crippen LogP contribution in [0.4, 0.5) is 0 Å². The molecule has 1 aromatic heterocycles. The molecule has 0 amide bonds. The van der Waals surface area contributed by atoms with Crippen LogP contribution >= 0.6 is 11.6 Å². The van der Waals surface area contributed by atoms with Crippen molar-refractivity contribution in [3.05, 3.63) is 41.0 Å². The zero-order chi connectivity index (χ0) is 13.2. The van der Waals surface area contributed by atoms with Crippen molar-refractivity contribution >= 4 is 28.5 Å². The average molecular weight is 276 g/mol. The van der Waals surface area contributed by atoms with Gasteiger partial charge < -0.3 is 4.74 Å². The first-order valence-electron chi connectivity index (χ1n) is 6.50. The normalized spacial score (nSPS) is 15.8. The molecule has 0 aliphatic heterocycles. The molecule has 0 saturated heterocycles. The Morgan fingerprint density at radius 2 is 2.00 bits per heavy atom. The van der Waals surface area contributed by atoms with Crippen molar-refractivity contribution in [2.45, 2.75) is 31.8 Å². The molecule has 0 radical (unpaired) electrons. The van der Waals surface area contributed by atoms with E-state index in [-0.39, 0.29) is 17.8 Å². The van der Waals surface area contributed by atoms with Crippen LogP contribution in [0.3, 0.4) is 0 Å². The Morgan fingerprint density at radius 1 is 1.26 bits per heavy atom. The van der Waals surface area contributed by atoms with Gasteiger partial charge in [-0.3, -0.25) is 0 Å². The number of esters is 1. The zero-order valence-corrected chi connectivity index (χ0v) is 11.2. The van der Waals surface area contributed by atoms with Crippen molar-refractivity contribution in [2.75, 3.05) is 0 Å². The largest absolute Gasteiger partial charge is 0.458 e. The second-order valence-electron chi connectivity index (χ2n) is 4.82. The smallest absolute Gasteiger partial charge is 0.357 e. The predicted octanol–water partition coefficient (Wildman–Crippen LogP) is 3.99. The molecule has 98 valence electrons. The number of halogens is 1. The van der Waals surface area contributed by atoms with Crippen LogP contribution in [0, 0.1) is 0 Å². The molecule has 3 rings (SSSR count). The van der Waals surface area contributed by atoms with E-state index in [1.165, 1.54) is 0 Å². The highest BCUT2D eigenvalue weighted by molar-refractivity contribution is 6.35. The molecular formula is C15H14ClNO2. The summed E-state index contributed by atoms with van der Waals surface area (Å²) < 4.78 is 5.44. The van der Waals surface area contributed by atoms with Gasteiger partial charge in [0.2, 0.25) is 0 Å². The van der Waals surface area contributed by atoms with Gasteiger partial charge in [0.05, 0.1) is 10.5 Å². The summed E-state index contributed by atoms with van der Waals surface area (Å²) in [7, 11) is 0. The number of fused-ring (bicyclic) bond motifs is 1. The number of ether oxygens (including phenoxy) is 1. The van der Waals surface area contributed by atoms with Gasteiger partial charge in [-0.2, -0.15) is 0 Å². The van der Waals surface area contributed by atoms with Gasteiger partial charge in [0.25, 0.3) is 0 Å². The fourth-order valence-corrected chi connectivity index (χ4v) is 2.72. The van der Waals surface area contributed by atoms with Gasteiger partial charge >= 0.3 is 5.97 Å². The number of benzene rings is 1. The minimum atomic E-state index is -0.375. The molecule has 0 unspecified atom stereocenters. The summed E-state index contributed by atoms with van der Waals surface area (Å²) in [5.74, 6) is -0.375. The van der Waals surface area contributed by atoms with Crippen LogP contribution in [0.1, 0.15) is 36.2 Å². The van der Waals surface area contributed by atoms with E-state index < -0.39 is 0 Å². The van der Waals surface area contributed by atoms with E-state index in [0.717, 1.165) is 31.1 Å². The number of carbonyl (C=O) groups is 1. The summed E-state index contributed by atoms with van der Waals surface area (Å²) in [4.78, 5) is 16.4. The highest BCUT2D eigenvalue weighted by Crippen LogP contribution is 2.25. The van der Waals surface area contributed by atoms with Gasteiger partial charge in [-0.1, -0.05) is 29.8 Å². The Hall–Kier alpha value is -1.61. The van der Waals surface area contributed by atoms with E-state index in [9.17, 15) is 4.79 Å². The predicted molar refractivity (Wildman–Crippen MR) is 74.4 cm³/mol. The van der Waals surface area contributed by atoms with Gasteiger partial charge in [-0.05, 0) is 37.8 Å². The van der Waals surface area contributed by atoms with Gasteiger partial charge in [0.1, 0.15) is 6.10 Å². The second kappa shape index (κ2) is 5.17. The van der Waals surface area contributed by atoms with Crippen molar-refractivity contribution in [1.29, 1.82) is 0 Å². The number of para-hydroxylation sites is 1. The minimum Gasteiger partial charge on any atom is -0.458 e. The van der Waals surface area contributed by atoms with Crippen LogP contribution in [0.2, 0.25) is 5.02 Å². The standard InChI is InChI=1S/C15H14ClNO2/c16-12-9-14(15(18)19-10-5-1-2-6-10)17-13-8-4-3-7-11(12)13/h3-4,7-10H,1-2,5-6H2. The van der Waals surface area contributed by atoms with Crippen molar-refractivity contribution in [1.82, 2.24) is 4.98 Å². The summed E-state index contributed by atoms with van der Waals surface area (Å²) in [6, 6.07) is 9.08. The lowest BCUT2D eigenvalue weighted by molar-refractivity contribution is 0.0311. The van der Waals surface area contributed by atoms with Crippen LogP contribution in [-0.4, -0.2) is 17.1 Å². The molecule has 0 N–H and O–H groups in total. The van der Waals surface area contributed by atoms with Crippen molar-refractivity contribution in [2.24, 2.45) is 0 Å². The number of pyridine rings is 1. The van der Waals surface area contributed by atoms with Crippen LogP contribution < -0.4 is 0 Å². The molecule has 1 aliphatic carbocycles. The third-order valence-electron chi connectivity index (χ3n) is 3.45. The topological polar surface area (TPSA) is 39.2 Å². The first-order chi connectivity index (χ1) is 9.24. The summed E-state index contributed by atoms with van der Waals surface area (Å²) in [5.41, 5.74) is 1.00. The fraction of sp³-hybridized carbons (Fsp3) is 0.333. The maximum atomic E-state index is 12.1. The molecule has 0 bridgehead atoms. The molecular weight excluding hydrogens is 262 g/mol. The Labute approximate surface area is 116 Å². The summed E-state index contributed by atoms with van der Waals surface area (Å²) >= 11 is 6.18. The number of rotatable bonds is 2. The van der Waals surface area contributed by atoms with E-state index in [2.05, 4.69) is 4.98 Å². The van der Waals surface area contributed by atoms with Gasteiger partial charge in [0, 0.05) is 5.39 Å². The van der Waals surface area contributed by atoms with Crippen LogP contribution in [-0.2, 0) is 4.74 Å². The van der Waals surface area contributed by atoms with Crippen LogP contribution in [0.5, 0.6) is 0 Å². The quantitative estimate of drug-likeness (QED) is 0.778. The molecule has 1 saturated carbocycles. The second-order valence-corrected chi connectivity index (χ2v) is 5.23. The number of nitrogens with zero attached hydrogens (tertiary/aromatic N) is 1. The van der Waals surface area contributed by atoms with E-state index in [1.54, 1.807) is 6.07 Å². The van der Waals surface area contributed by atoms with Gasteiger partial charge in [-0.15, -0.1) is 0 Å². The van der Waals surface area contributed by atoms with E-state index in [4.69, 9.17) is 16.3 Å². The fourth-order valence-electron chi connectivity index (χ4n) is 2.46. The molecule has 4 heteroatoms. The number of carbonyl (C=O) groups excluding carboxylic acids is 1. The highest BCUT2D eigenvalue weighted by atomic mass is 35.5. The Balaban J connectivity index is 1.89. The van der Waals surface area contributed by atoms with Crippen molar-refractivity contribution < 1.29 is 9.53 Å². The Kier molecular flexibility index (Phi) is 3.38. The lowest BCUT2D eigenvalue weighted by Crippen LogP contribution is -2.15. The Bertz CT molecular complexity index is 621. The first-order valence-corrected chi connectivity index (χ1v) is 6.88. The van der Waals surface area contributed by atoms with Gasteiger partial charge in [0.15, 0.2) is 5.69 Å². The zero-order valence-electron chi connectivity index (χ0n) is 10.4. The van der Waals surface area contributed by atoms with Crippen LogP contribution in [0.25, 0.3) is 10.9 Å². The number of hydrogen-bond donors (Lipinski definition) is 0. The molecule has 0 spiro atoms. The average Bonchev–Trinajstić information content (AvgIpc) is 2.91. The lowest BCUT2D eigenvalue weighted by Gasteiger charge is -2.11. The minimum absolute atomic E-state index is 0.0412. The summed E-state index contributed by atoms with van der Waals surface area (Å²) in [6.07, 6.45) is 4.20. The molecule has 1 aromatic carbocycles. The molecule has 3 nitrogen and oxygen atoms in total. The SMILES string of the molecule is O=C(OC1CCCC1)c1cc(Cl)c2ccccc2n1. The Morgan fingerprint density at radius 3 is 2.79 bits per heavy atom. The van der Waals surface area contributed by atoms with E-state index in [0.29, 0.717) is 10.5 Å². The molecule has 19 heavy (non-hydrogen) atoms. The summed E-state index contributed by atoms with van der Waals surface area (Å²) in [6.45, 7) is 0. The van der Waals surface area contributed by atoms with Crippen molar-refractivity contribution in [3.63, 3.8) is 0 Å². The molecule has 1 heterocycles. The first kappa shape index (κ1) is 12.4. The maximum Gasteiger partial charge on any atom is 0.357 e. The summed E-state index contributed by atoms with van der Waals surface area (Å²) in [5, 5.41) is 1.38. The van der Waals surface area contributed by atoms with Crippen LogP contribution in [0.15, 0.2) is 30.3 Å². The van der Waals surface area contributed by atoms with E-state index >= 15 is 0 Å². The molecule has 0 atom stereocenters. The number of aromatic nitrogens is 1. The van der Waals surface area contributed by atoms with Crippen molar-refractivity contribution in [3.8, 4) is 0 Å². The van der Waals surface area contributed by atoms with E-state index in [1.807, 2.05) is 24.3 Å². The third kappa shape index (κ3) is 2.56. The third-order valence-corrected chi connectivity index (χ3v) is 3.76. The molecule has 2 aromatic rings. The van der Waals surface area contributed by atoms with Gasteiger partial charge in [-0.25, -0.2) is 9.78 Å². The highest BCUT2D eigenvalue weighted by Gasteiger charge is 2.21. The molecule has 1 fully saturated rings. The maximum absolute atomic E-state index is 12.1. The monoisotopic (exact) mass is 275 g/mol. The number of hydrogen-bond acceptors (Lipinski definition) is 3. The lowest BCUT2D eigenvalue weighted by atomic mass is 10.2. The molecule has 1 aliphatic rings.